The summed E-state index contributed by atoms with van der Waals surface area (Å²) in [5.41, 5.74) is 0. The zero-order valence-corrected chi connectivity index (χ0v) is 6.69. The van der Waals surface area contributed by atoms with E-state index in [-0.39, 0.29) is 0 Å². The van der Waals surface area contributed by atoms with E-state index < -0.39 is 0 Å². The van der Waals surface area contributed by atoms with E-state index >= 15 is 0 Å². The maximum absolute atomic E-state index is 5.15. The lowest BCUT2D eigenvalue weighted by molar-refractivity contribution is 0.193. The van der Waals surface area contributed by atoms with Gasteiger partial charge in [0.25, 0.3) is 5.17 Å². The van der Waals surface area contributed by atoms with E-state index in [1.54, 1.807) is 0 Å². The van der Waals surface area contributed by atoms with Gasteiger partial charge >= 0.3 is 0 Å². The molecular formula is C7H11NOS. The molecule has 56 valence electrons. The van der Waals surface area contributed by atoms with Crippen LogP contribution in [0.5, 0.6) is 0 Å². The van der Waals surface area contributed by atoms with Crippen molar-refractivity contribution < 1.29 is 4.74 Å². The summed E-state index contributed by atoms with van der Waals surface area (Å²) < 4.78 is 5.15. The first-order chi connectivity index (χ1) is 4.84. The minimum absolute atomic E-state index is 0.617. The van der Waals surface area contributed by atoms with E-state index in [4.69, 9.17) is 17.0 Å². The van der Waals surface area contributed by atoms with Crippen LogP contribution in [-0.4, -0.2) is 29.8 Å². The van der Waals surface area contributed by atoms with Gasteiger partial charge in [0.05, 0.1) is 6.61 Å². The lowest BCUT2D eigenvalue weighted by Gasteiger charge is -2.27. The molecule has 0 spiro atoms. The molecule has 0 bridgehead atoms. The normalized spacial score (nSPS) is 18.4. The summed E-state index contributed by atoms with van der Waals surface area (Å²) in [6.07, 6.45) is 2.90. The van der Waals surface area contributed by atoms with Crippen LogP contribution in [0.3, 0.4) is 0 Å². The Labute approximate surface area is 66.5 Å². The molecule has 10 heavy (non-hydrogen) atoms. The molecule has 0 aromatic carbocycles. The molecular weight excluding hydrogens is 146 g/mol. The zero-order chi connectivity index (χ0) is 7.40. The predicted molar refractivity (Wildman–Crippen MR) is 44.9 cm³/mol. The Balaban J connectivity index is 2.39. The average Bonchev–Trinajstić information content (AvgIpc) is 1.94. The average molecular weight is 157 g/mol. The van der Waals surface area contributed by atoms with Crippen molar-refractivity contribution in [2.75, 3.05) is 19.7 Å². The fraction of sp³-hybridized carbons (Fsp3) is 0.571. The lowest BCUT2D eigenvalue weighted by Crippen LogP contribution is -2.37. The van der Waals surface area contributed by atoms with Gasteiger partial charge in [-0.1, -0.05) is 6.08 Å². The van der Waals surface area contributed by atoms with Gasteiger partial charge in [-0.3, -0.25) is 0 Å². The Morgan fingerprint density at radius 1 is 1.80 bits per heavy atom. The van der Waals surface area contributed by atoms with Crippen LogP contribution in [0.4, 0.5) is 0 Å². The fourth-order valence-electron chi connectivity index (χ4n) is 0.919. The molecule has 0 radical (unpaired) electrons. The molecule has 0 unspecified atom stereocenters. The van der Waals surface area contributed by atoms with Crippen LogP contribution in [0.25, 0.3) is 0 Å². The molecule has 0 aromatic heterocycles. The monoisotopic (exact) mass is 157 g/mol. The minimum atomic E-state index is 0.617. The Kier molecular flexibility index (Phi) is 2.68. The highest BCUT2D eigenvalue weighted by molar-refractivity contribution is 7.80. The van der Waals surface area contributed by atoms with Gasteiger partial charge in [0.15, 0.2) is 0 Å². The molecule has 0 atom stereocenters. The Hall–Kier alpha value is -0.570. The van der Waals surface area contributed by atoms with Crippen molar-refractivity contribution in [2.24, 2.45) is 0 Å². The second-order valence-electron chi connectivity index (χ2n) is 2.20. The first kappa shape index (κ1) is 7.54. The van der Waals surface area contributed by atoms with E-state index in [9.17, 15) is 0 Å². The van der Waals surface area contributed by atoms with Crippen molar-refractivity contribution in [3.63, 3.8) is 0 Å². The van der Waals surface area contributed by atoms with Crippen molar-refractivity contribution in [1.29, 1.82) is 0 Å². The summed E-state index contributed by atoms with van der Waals surface area (Å²) in [6, 6.07) is 0. The van der Waals surface area contributed by atoms with Crippen molar-refractivity contribution >= 4 is 17.4 Å². The smallest absolute Gasteiger partial charge is 0.259 e. The van der Waals surface area contributed by atoms with Crippen molar-refractivity contribution in [3.8, 4) is 0 Å². The van der Waals surface area contributed by atoms with Gasteiger partial charge in [0.1, 0.15) is 0 Å². The predicted octanol–water partition coefficient (Wildman–Crippen LogP) is 1.18. The molecule has 1 rings (SSSR count). The van der Waals surface area contributed by atoms with Crippen LogP contribution in [0.15, 0.2) is 12.7 Å². The quantitative estimate of drug-likeness (QED) is 0.441. The second-order valence-corrected chi connectivity index (χ2v) is 2.55. The summed E-state index contributed by atoms with van der Waals surface area (Å²) in [6.45, 7) is 6.21. The molecule has 0 saturated carbocycles. The molecule has 0 N–H and O–H groups in total. The summed E-state index contributed by atoms with van der Waals surface area (Å²) in [5, 5.41) is 0.617. The van der Waals surface area contributed by atoms with Crippen LogP contribution in [0.2, 0.25) is 0 Å². The lowest BCUT2D eigenvalue weighted by atomic mass is 10.4. The van der Waals surface area contributed by atoms with Gasteiger partial charge in [-0.15, -0.1) is 6.58 Å². The van der Waals surface area contributed by atoms with E-state index in [1.807, 2.05) is 11.0 Å². The minimum Gasteiger partial charge on any atom is -0.471 e. The third-order valence-electron chi connectivity index (χ3n) is 1.41. The Morgan fingerprint density at radius 2 is 2.60 bits per heavy atom. The molecule has 2 nitrogen and oxygen atoms in total. The van der Waals surface area contributed by atoms with Gasteiger partial charge in [-0.2, -0.15) is 0 Å². The molecule has 1 heterocycles. The second kappa shape index (κ2) is 3.56. The van der Waals surface area contributed by atoms with Crippen molar-refractivity contribution in [1.82, 2.24) is 4.90 Å². The number of hydrogen-bond donors (Lipinski definition) is 0. The van der Waals surface area contributed by atoms with Gasteiger partial charge in [-0.05, 0) is 18.6 Å². The maximum Gasteiger partial charge on any atom is 0.259 e. The number of hydrogen-bond acceptors (Lipinski definition) is 2. The fourth-order valence-corrected chi connectivity index (χ4v) is 1.17. The largest absolute Gasteiger partial charge is 0.471 e. The van der Waals surface area contributed by atoms with Crippen LogP contribution in [-0.2, 0) is 4.74 Å². The molecule has 3 heteroatoms. The van der Waals surface area contributed by atoms with Crippen LogP contribution >= 0.6 is 12.2 Å². The van der Waals surface area contributed by atoms with Gasteiger partial charge < -0.3 is 9.64 Å². The maximum atomic E-state index is 5.15. The first-order valence-electron chi connectivity index (χ1n) is 3.37. The molecule has 0 aliphatic carbocycles. The number of thiocarbonyl (C=S) groups is 1. The first-order valence-corrected chi connectivity index (χ1v) is 3.78. The summed E-state index contributed by atoms with van der Waals surface area (Å²) in [4.78, 5) is 2.01. The topological polar surface area (TPSA) is 12.5 Å². The van der Waals surface area contributed by atoms with E-state index in [0.717, 1.165) is 26.1 Å². The summed E-state index contributed by atoms with van der Waals surface area (Å²) >= 11 is 4.95. The Morgan fingerprint density at radius 3 is 3.20 bits per heavy atom. The molecule has 0 aromatic rings. The van der Waals surface area contributed by atoms with Crippen LogP contribution in [0.1, 0.15) is 6.42 Å². The van der Waals surface area contributed by atoms with E-state index in [2.05, 4.69) is 6.58 Å². The third kappa shape index (κ3) is 1.70. The summed E-state index contributed by atoms with van der Waals surface area (Å²) in [7, 11) is 0. The summed E-state index contributed by atoms with van der Waals surface area (Å²) in [5.74, 6) is 0. The molecule has 1 aliphatic rings. The van der Waals surface area contributed by atoms with Crippen molar-refractivity contribution in [2.45, 2.75) is 6.42 Å². The molecule has 1 fully saturated rings. The highest BCUT2D eigenvalue weighted by Gasteiger charge is 2.13. The number of nitrogens with zero attached hydrogens (tertiary/aromatic N) is 1. The van der Waals surface area contributed by atoms with Crippen LogP contribution in [0, 0.1) is 0 Å². The third-order valence-corrected chi connectivity index (χ3v) is 1.78. The SMILES string of the molecule is C=CCN1CCCOC1=S. The zero-order valence-electron chi connectivity index (χ0n) is 5.88. The van der Waals surface area contributed by atoms with Crippen LogP contribution < -0.4 is 0 Å². The van der Waals surface area contributed by atoms with Gasteiger partial charge in [-0.25, -0.2) is 0 Å². The highest BCUT2D eigenvalue weighted by Crippen LogP contribution is 2.03. The van der Waals surface area contributed by atoms with E-state index in [1.165, 1.54) is 0 Å². The highest BCUT2D eigenvalue weighted by atomic mass is 32.1. The molecule has 1 saturated heterocycles. The van der Waals surface area contributed by atoms with Gasteiger partial charge in [0, 0.05) is 13.1 Å². The number of rotatable bonds is 2. The Bertz CT molecular complexity index is 147. The van der Waals surface area contributed by atoms with E-state index in [0.29, 0.717) is 5.17 Å². The number of ether oxygens (including phenoxy) is 1. The van der Waals surface area contributed by atoms with Crippen molar-refractivity contribution in [3.05, 3.63) is 12.7 Å². The molecule has 1 aliphatic heterocycles. The molecule has 0 amide bonds. The standard InChI is InChI=1S/C7H11NOS/c1-2-4-8-5-3-6-9-7(8)10/h2H,1,3-6H2. The van der Waals surface area contributed by atoms with Gasteiger partial charge in [0.2, 0.25) is 0 Å².